The molecule has 2 fully saturated rings. The molecular formula is C17H23ClFN3O2. The molecule has 1 N–H and O–H groups in total. The van der Waals surface area contributed by atoms with E-state index < -0.39 is 5.82 Å². The largest absolute Gasteiger partial charge is 0.379 e. The lowest BCUT2D eigenvalue weighted by Gasteiger charge is -2.33. The maximum atomic E-state index is 14.1. The van der Waals surface area contributed by atoms with Gasteiger partial charge in [-0.05, 0) is 31.2 Å². The quantitative estimate of drug-likeness (QED) is 0.871. The fraction of sp³-hybridized carbons (Fsp3) is 0.588. The lowest BCUT2D eigenvalue weighted by molar-refractivity contribution is 0.0301. The van der Waals surface area contributed by atoms with Crippen LogP contribution in [0.15, 0.2) is 18.2 Å². The number of hydrogen-bond acceptors (Lipinski definition) is 4. The van der Waals surface area contributed by atoms with E-state index in [4.69, 9.17) is 16.3 Å². The highest BCUT2D eigenvalue weighted by atomic mass is 35.5. The molecule has 2 saturated heterocycles. The summed E-state index contributed by atoms with van der Waals surface area (Å²) in [6, 6.07) is 4.23. The minimum Gasteiger partial charge on any atom is -0.379 e. The third-order valence-electron chi connectivity index (χ3n) is 4.66. The predicted molar refractivity (Wildman–Crippen MR) is 91.0 cm³/mol. The molecule has 1 unspecified atom stereocenters. The van der Waals surface area contributed by atoms with E-state index in [1.54, 1.807) is 4.90 Å². The van der Waals surface area contributed by atoms with E-state index in [1.807, 2.05) is 0 Å². The summed E-state index contributed by atoms with van der Waals surface area (Å²) in [7, 11) is 0. The first kappa shape index (κ1) is 17.6. The smallest absolute Gasteiger partial charge is 0.257 e. The Morgan fingerprint density at radius 1 is 1.42 bits per heavy atom. The van der Waals surface area contributed by atoms with Gasteiger partial charge in [0.15, 0.2) is 0 Å². The third kappa shape index (κ3) is 4.25. The molecule has 1 aromatic rings. The summed E-state index contributed by atoms with van der Waals surface area (Å²) in [5, 5.41) is 3.65. The highest BCUT2D eigenvalue weighted by Crippen LogP contribution is 2.19. The summed E-state index contributed by atoms with van der Waals surface area (Å²) in [4.78, 5) is 17.0. The molecule has 132 valence electrons. The average molecular weight is 356 g/mol. The second kappa shape index (κ2) is 8.25. The van der Waals surface area contributed by atoms with Crippen LogP contribution in [-0.4, -0.2) is 74.2 Å². The first-order valence-electron chi connectivity index (χ1n) is 8.42. The van der Waals surface area contributed by atoms with Crippen LogP contribution in [0.3, 0.4) is 0 Å². The Morgan fingerprint density at radius 3 is 2.92 bits per heavy atom. The summed E-state index contributed by atoms with van der Waals surface area (Å²) >= 11 is 5.95. The molecule has 1 atom stereocenters. The Labute approximate surface area is 146 Å². The maximum Gasteiger partial charge on any atom is 0.257 e. The summed E-state index contributed by atoms with van der Waals surface area (Å²) in [6.07, 6.45) is 0.886. The van der Waals surface area contributed by atoms with Crippen molar-refractivity contribution in [2.24, 2.45) is 0 Å². The molecule has 2 heterocycles. The number of amides is 1. The zero-order chi connectivity index (χ0) is 16.9. The van der Waals surface area contributed by atoms with Crippen molar-refractivity contribution < 1.29 is 13.9 Å². The second-order valence-corrected chi connectivity index (χ2v) is 6.66. The summed E-state index contributed by atoms with van der Waals surface area (Å²) in [5.41, 5.74) is 0.0522. The topological polar surface area (TPSA) is 44.8 Å². The van der Waals surface area contributed by atoms with Crippen LogP contribution in [0.2, 0.25) is 5.02 Å². The van der Waals surface area contributed by atoms with Crippen molar-refractivity contribution in [3.8, 4) is 0 Å². The van der Waals surface area contributed by atoms with Gasteiger partial charge >= 0.3 is 0 Å². The number of rotatable bonds is 5. The van der Waals surface area contributed by atoms with Gasteiger partial charge in [0.05, 0.1) is 18.8 Å². The minimum absolute atomic E-state index is 0.0522. The Bertz CT molecular complexity index is 575. The van der Waals surface area contributed by atoms with Crippen molar-refractivity contribution in [2.75, 3.05) is 52.5 Å². The van der Waals surface area contributed by atoms with Crippen LogP contribution in [0.25, 0.3) is 0 Å². The number of carbonyl (C=O) groups excluding carboxylic acids is 1. The van der Waals surface area contributed by atoms with Crippen molar-refractivity contribution in [2.45, 2.75) is 12.5 Å². The van der Waals surface area contributed by atoms with Crippen molar-refractivity contribution in [3.05, 3.63) is 34.6 Å². The number of nitrogens with zero attached hydrogens (tertiary/aromatic N) is 2. The lowest BCUT2D eigenvalue weighted by Crippen LogP contribution is -2.47. The normalized spacial score (nSPS) is 21.8. The van der Waals surface area contributed by atoms with E-state index in [0.717, 1.165) is 52.4 Å². The number of nitrogens with one attached hydrogen (secondary N) is 1. The first-order valence-corrected chi connectivity index (χ1v) is 8.80. The fourth-order valence-corrected chi connectivity index (χ4v) is 3.42. The Hall–Kier alpha value is -1.21. The first-order chi connectivity index (χ1) is 11.6. The summed E-state index contributed by atoms with van der Waals surface area (Å²) < 4.78 is 19.5. The third-order valence-corrected chi connectivity index (χ3v) is 4.89. The summed E-state index contributed by atoms with van der Waals surface area (Å²) in [6.45, 7) is 6.17. The highest BCUT2D eigenvalue weighted by Gasteiger charge is 2.29. The van der Waals surface area contributed by atoms with E-state index >= 15 is 0 Å². The molecule has 0 aromatic heterocycles. The molecular weight excluding hydrogens is 333 g/mol. The van der Waals surface area contributed by atoms with Crippen LogP contribution in [0.4, 0.5) is 4.39 Å². The Morgan fingerprint density at radius 2 is 2.21 bits per heavy atom. The van der Waals surface area contributed by atoms with Crippen LogP contribution >= 0.6 is 11.6 Å². The Balaban J connectivity index is 1.73. The van der Waals surface area contributed by atoms with E-state index in [0.29, 0.717) is 11.6 Å². The van der Waals surface area contributed by atoms with Crippen LogP contribution < -0.4 is 5.32 Å². The molecule has 0 aliphatic carbocycles. The molecule has 24 heavy (non-hydrogen) atoms. The van der Waals surface area contributed by atoms with Crippen LogP contribution in [0, 0.1) is 5.82 Å². The molecule has 0 bridgehead atoms. The van der Waals surface area contributed by atoms with Crippen molar-refractivity contribution >= 4 is 17.5 Å². The molecule has 5 nitrogen and oxygen atoms in total. The number of benzene rings is 1. The van der Waals surface area contributed by atoms with Gasteiger partial charge in [-0.1, -0.05) is 11.6 Å². The van der Waals surface area contributed by atoms with Gasteiger partial charge in [0.25, 0.3) is 5.91 Å². The molecule has 1 amide bonds. The molecule has 0 radical (unpaired) electrons. The summed E-state index contributed by atoms with van der Waals surface area (Å²) in [5.74, 6) is -0.802. The number of carbonyl (C=O) groups is 1. The second-order valence-electron chi connectivity index (χ2n) is 6.22. The molecule has 2 aliphatic rings. The van der Waals surface area contributed by atoms with Crippen LogP contribution in [-0.2, 0) is 4.74 Å². The molecule has 3 rings (SSSR count). The highest BCUT2D eigenvalue weighted by molar-refractivity contribution is 6.31. The van der Waals surface area contributed by atoms with Crippen LogP contribution in [0.5, 0.6) is 0 Å². The van der Waals surface area contributed by atoms with Gasteiger partial charge in [-0.25, -0.2) is 4.39 Å². The number of ether oxygens (including phenoxy) is 1. The van der Waals surface area contributed by atoms with Crippen molar-refractivity contribution in [1.82, 2.24) is 15.1 Å². The van der Waals surface area contributed by atoms with Gasteiger partial charge in [0.1, 0.15) is 5.82 Å². The number of halogens is 2. The SMILES string of the molecule is O=C(c1cc(Cl)ccc1F)N(CCN1CCOCC1)C1CCNC1. The molecule has 1 aromatic carbocycles. The standard InChI is InChI=1S/C17H23ClFN3O2/c18-13-1-2-16(19)15(11-13)17(23)22(14-3-4-20-12-14)6-5-21-7-9-24-10-8-21/h1-2,11,14,20H,3-10,12H2. The van der Waals surface area contributed by atoms with Gasteiger partial charge in [0.2, 0.25) is 0 Å². The number of morpholine rings is 1. The maximum absolute atomic E-state index is 14.1. The lowest BCUT2D eigenvalue weighted by atomic mass is 10.1. The van der Waals surface area contributed by atoms with E-state index in [-0.39, 0.29) is 17.5 Å². The molecule has 2 aliphatic heterocycles. The van der Waals surface area contributed by atoms with Crippen molar-refractivity contribution in [3.63, 3.8) is 0 Å². The molecule has 7 heteroatoms. The monoisotopic (exact) mass is 355 g/mol. The number of hydrogen-bond donors (Lipinski definition) is 1. The van der Waals surface area contributed by atoms with E-state index in [9.17, 15) is 9.18 Å². The minimum atomic E-state index is -0.522. The van der Waals surface area contributed by atoms with Gasteiger partial charge in [0, 0.05) is 43.8 Å². The van der Waals surface area contributed by atoms with Crippen LogP contribution in [0.1, 0.15) is 16.8 Å². The average Bonchev–Trinajstić information content (AvgIpc) is 3.12. The molecule has 0 spiro atoms. The fourth-order valence-electron chi connectivity index (χ4n) is 3.25. The van der Waals surface area contributed by atoms with Gasteiger partial charge in [-0.15, -0.1) is 0 Å². The van der Waals surface area contributed by atoms with Gasteiger partial charge < -0.3 is 15.0 Å². The van der Waals surface area contributed by atoms with Crippen molar-refractivity contribution in [1.29, 1.82) is 0 Å². The van der Waals surface area contributed by atoms with Gasteiger partial charge in [-0.2, -0.15) is 0 Å². The van der Waals surface area contributed by atoms with E-state index in [1.165, 1.54) is 18.2 Å². The zero-order valence-electron chi connectivity index (χ0n) is 13.6. The molecule has 0 saturated carbocycles. The van der Waals surface area contributed by atoms with E-state index in [2.05, 4.69) is 10.2 Å². The Kier molecular flexibility index (Phi) is 6.05. The zero-order valence-corrected chi connectivity index (χ0v) is 14.4. The van der Waals surface area contributed by atoms with Gasteiger partial charge in [-0.3, -0.25) is 9.69 Å². The predicted octanol–water partition coefficient (Wildman–Crippen LogP) is 1.62.